The van der Waals surface area contributed by atoms with Crippen LogP contribution in [-0.2, 0) is 4.74 Å². The Balaban J connectivity index is 2.59. The maximum absolute atomic E-state index is 5.75. The number of nitrogens with two attached hydrogens (primary N) is 1. The molecule has 1 unspecified atom stereocenters. The molecule has 0 amide bonds. The fraction of sp³-hybridized carbons (Fsp3) is 0.500. The zero-order valence-electron chi connectivity index (χ0n) is 9.49. The van der Waals surface area contributed by atoms with Crippen LogP contribution in [0.1, 0.15) is 13.8 Å². The third-order valence-corrected chi connectivity index (χ3v) is 2.30. The minimum Gasteiger partial charge on any atom is -0.379 e. The average molecular weight is 208 g/mol. The van der Waals surface area contributed by atoms with E-state index in [0.717, 1.165) is 5.69 Å². The highest BCUT2D eigenvalue weighted by atomic mass is 16.5. The Hall–Kier alpha value is -1.06. The molecule has 0 saturated heterocycles. The van der Waals surface area contributed by atoms with E-state index in [1.165, 1.54) is 0 Å². The fourth-order valence-corrected chi connectivity index (χ4v) is 1.34. The number of hydrogen-bond donors (Lipinski definition) is 2. The van der Waals surface area contributed by atoms with Crippen LogP contribution in [-0.4, -0.2) is 25.3 Å². The molecule has 3 N–H and O–H groups in total. The standard InChI is InChI=1S/C12H20N2O/c1-3-15-10-12(2,9-13)14-11-7-5-4-6-8-11/h4-8,14H,3,9-10,13H2,1-2H3. The molecule has 1 rings (SSSR count). The molecule has 1 aromatic rings. The number of para-hydroxylation sites is 1. The quantitative estimate of drug-likeness (QED) is 0.750. The van der Waals surface area contributed by atoms with Crippen LogP contribution in [0.2, 0.25) is 0 Å². The summed E-state index contributed by atoms with van der Waals surface area (Å²) in [7, 11) is 0. The molecule has 1 atom stereocenters. The summed E-state index contributed by atoms with van der Waals surface area (Å²) in [4.78, 5) is 0. The van der Waals surface area contributed by atoms with Crippen molar-refractivity contribution < 1.29 is 4.74 Å². The largest absolute Gasteiger partial charge is 0.379 e. The molecule has 0 saturated carbocycles. The van der Waals surface area contributed by atoms with E-state index < -0.39 is 0 Å². The second kappa shape index (κ2) is 5.73. The van der Waals surface area contributed by atoms with Gasteiger partial charge in [-0.3, -0.25) is 0 Å². The lowest BCUT2D eigenvalue weighted by Gasteiger charge is -2.30. The molecule has 0 fully saturated rings. The SMILES string of the molecule is CCOCC(C)(CN)Nc1ccccc1. The van der Waals surface area contributed by atoms with Crippen molar-refractivity contribution in [3.8, 4) is 0 Å². The van der Waals surface area contributed by atoms with E-state index in [1.807, 2.05) is 37.3 Å². The molecule has 0 bridgehead atoms. The molecule has 3 nitrogen and oxygen atoms in total. The summed E-state index contributed by atoms with van der Waals surface area (Å²) >= 11 is 0. The van der Waals surface area contributed by atoms with Crippen molar-refractivity contribution in [2.75, 3.05) is 25.1 Å². The van der Waals surface area contributed by atoms with Gasteiger partial charge in [0.1, 0.15) is 0 Å². The topological polar surface area (TPSA) is 47.3 Å². The number of benzene rings is 1. The molecule has 0 aliphatic rings. The van der Waals surface area contributed by atoms with Crippen LogP contribution in [0.25, 0.3) is 0 Å². The first kappa shape index (κ1) is 12.0. The Morgan fingerprint density at radius 2 is 2.00 bits per heavy atom. The predicted octanol–water partition coefficient (Wildman–Crippen LogP) is 1.85. The Kier molecular flexibility index (Phi) is 4.59. The summed E-state index contributed by atoms with van der Waals surface area (Å²) in [5, 5.41) is 3.39. The van der Waals surface area contributed by atoms with Crippen LogP contribution in [0, 0.1) is 0 Å². The van der Waals surface area contributed by atoms with Crippen molar-refractivity contribution in [2.24, 2.45) is 5.73 Å². The molecule has 0 aromatic heterocycles. The molecule has 0 heterocycles. The molecule has 0 spiro atoms. The van der Waals surface area contributed by atoms with Gasteiger partial charge in [-0.25, -0.2) is 0 Å². The van der Waals surface area contributed by atoms with Crippen molar-refractivity contribution in [2.45, 2.75) is 19.4 Å². The number of hydrogen-bond acceptors (Lipinski definition) is 3. The number of anilines is 1. The lowest BCUT2D eigenvalue weighted by Crippen LogP contribution is -2.46. The van der Waals surface area contributed by atoms with E-state index >= 15 is 0 Å². The van der Waals surface area contributed by atoms with E-state index in [1.54, 1.807) is 0 Å². The third-order valence-electron chi connectivity index (χ3n) is 2.30. The minimum atomic E-state index is -0.197. The highest BCUT2D eigenvalue weighted by Crippen LogP contribution is 2.14. The zero-order chi connectivity index (χ0) is 11.1. The zero-order valence-corrected chi connectivity index (χ0v) is 9.49. The summed E-state index contributed by atoms with van der Waals surface area (Å²) in [5.41, 5.74) is 6.63. The molecule has 0 aliphatic carbocycles. The second-order valence-electron chi connectivity index (χ2n) is 3.89. The van der Waals surface area contributed by atoms with E-state index in [0.29, 0.717) is 19.8 Å². The van der Waals surface area contributed by atoms with Crippen LogP contribution in [0.15, 0.2) is 30.3 Å². The summed E-state index contributed by atoms with van der Waals surface area (Å²) in [6.45, 7) is 5.93. The highest BCUT2D eigenvalue weighted by Gasteiger charge is 2.21. The lowest BCUT2D eigenvalue weighted by atomic mass is 10.0. The van der Waals surface area contributed by atoms with Gasteiger partial charge >= 0.3 is 0 Å². The van der Waals surface area contributed by atoms with Crippen molar-refractivity contribution >= 4 is 5.69 Å². The van der Waals surface area contributed by atoms with Gasteiger partial charge in [-0.2, -0.15) is 0 Å². The van der Waals surface area contributed by atoms with Gasteiger partial charge in [-0.1, -0.05) is 18.2 Å². The van der Waals surface area contributed by atoms with Gasteiger partial charge in [0.15, 0.2) is 0 Å². The molecule has 0 radical (unpaired) electrons. The number of ether oxygens (including phenoxy) is 1. The lowest BCUT2D eigenvalue weighted by molar-refractivity contribution is 0.112. The summed E-state index contributed by atoms with van der Waals surface area (Å²) < 4.78 is 5.42. The molecule has 84 valence electrons. The van der Waals surface area contributed by atoms with E-state index in [-0.39, 0.29) is 5.54 Å². The van der Waals surface area contributed by atoms with Gasteiger partial charge < -0.3 is 15.8 Å². The van der Waals surface area contributed by atoms with Crippen molar-refractivity contribution in [3.05, 3.63) is 30.3 Å². The number of nitrogens with one attached hydrogen (secondary N) is 1. The fourth-order valence-electron chi connectivity index (χ4n) is 1.34. The van der Waals surface area contributed by atoms with Crippen molar-refractivity contribution in [1.29, 1.82) is 0 Å². The third kappa shape index (κ3) is 3.90. The summed E-state index contributed by atoms with van der Waals surface area (Å²) in [6.07, 6.45) is 0. The van der Waals surface area contributed by atoms with Crippen LogP contribution in [0.4, 0.5) is 5.69 Å². The maximum atomic E-state index is 5.75. The monoisotopic (exact) mass is 208 g/mol. The second-order valence-corrected chi connectivity index (χ2v) is 3.89. The summed E-state index contributed by atoms with van der Waals surface area (Å²) in [6, 6.07) is 10.0. The molecule has 3 heteroatoms. The first-order valence-corrected chi connectivity index (χ1v) is 5.31. The first-order chi connectivity index (χ1) is 7.20. The Morgan fingerprint density at radius 1 is 1.33 bits per heavy atom. The average Bonchev–Trinajstić information content (AvgIpc) is 2.28. The van der Waals surface area contributed by atoms with Gasteiger partial charge in [-0.05, 0) is 26.0 Å². The summed E-state index contributed by atoms with van der Waals surface area (Å²) in [5.74, 6) is 0. The van der Waals surface area contributed by atoms with E-state index in [2.05, 4.69) is 12.2 Å². The molecule has 0 aliphatic heterocycles. The molecule has 1 aromatic carbocycles. The molecular weight excluding hydrogens is 188 g/mol. The van der Waals surface area contributed by atoms with Crippen LogP contribution in [0.5, 0.6) is 0 Å². The van der Waals surface area contributed by atoms with Crippen molar-refractivity contribution in [1.82, 2.24) is 0 Å². The van der Waals surface area contributed by atoms with Crippen LogP contribution < -0.4 is 11.1 Å². The molecular formula is C12H20N2O. The Bertz CT molecular complexity index is 276. The van der Waals surface area contributed by atoms with Crippen LogP contribution in [0.3, 0.4) is 0 Å². The van der Waals surface area contributed by atoms with Gasteiger partial charge in [-0.15, -0.1) is 0 Å². The van der Waals surface area contributed by atoms with E-state index in [9.17, 15) is 0 Å². The normalized spacial score (nSPS) is 14.6. The van der Waals surface area contributed by atoms with E-state index in [4.69, 9.17) is 10.5 Å². The van der Waals surface area contributed by atoms with Crippen LogP contribution >= 0.6 is 0 Å². The van der Waals surface area contributed by atoms with Crippen molar-refractivity contribution in [3.63, 3.8) is 0 Å². The number of rotatable bonds is 6. The highest BCUT2D eigenvalue weighted by molar-refractivity contribution is 5.45. The minimum absolute atomic E-state index is 0.197. The van der Waals surface area contributed by atoms with Gasteiger partial charge in [0.25, 0.3) is 0 Å². The van der Waals surface area contributed by atoms with Gasteiger partial charge in [0, 0.05) is 18.8 Å². The van der Waals surface area contributed by atoms with Gasteiger partial charge in [0.2, 0.25) is 0 Å². The predicted molar refractivity (Wildman–Crippen MR) is 64.0 cm³/mol. The Labute approximate surface area is 91.6 Å². The maximum Gasteiger partial charge on any atom is 0.0706 e. The smallest absolute Gasteiger partial charge is 0.0706 e. The molecule has 15 heavy (non-hydrogen) atoms. The van der Waals surface area contributed by atoms with Gasteiger partial charge in [0.05, 0.1) is 12.1 Å². The first-order valence-electron chi connectivity index (χ1n) is 5.31. The Morgan fingerprint density at radius 3 is 2.53 bits per heavy atom.